The van der Waals surface area contributed by atoms with Gasteiger partial charge in [-0.05, 0) is 38.2 Å². The molecule has 3 N–H and O–H groups in total. The van der Waals surface area contributed by atoms with Crippen molar-refractivity contribution in [2.45, 2.75) is 69.6 Å². The van der Waals surface area contributed by atoms with Gasteiger partial charge >= 0.3 is 6.18 Å². The van der Waals surface area contributed by atoms with Crippen molar-refractivity contribution in [2.24, 2.45) is 5.41 Å². The molecule has 3 aliphatic heterocycles. The summed E-state index contributed by atoms with van der Waals surface area (Å²) in [5.41, 5.74) is 0.531. The Morgan fingerprint density at radius 1 is 1.12 bits per heavy atom. The van der Waals surface area contributed by atoms with Crippen molar-refractivity contribution in [1.29, 1.82) is 0 Å². The first kappa shape index (κ1) is 26.8. The van der Waals surface area contributed by atoms with Crippen LogP contribution in [0.5, 0.6) is 0 Å². The molecule has 0 spiro atoms. The highest BCUT2D eigenvalue weighted by molar-refractivity contribution is 6.08. The zero-order valence-corrected chi connectivity index (χ0v) is 21.8. The van der Waals surface area contributed by atoms with Crippen LogP contribution in [0.15, 0.2) is 30.6 Å². The van der Waals surface area contributed by atoms with Gasteiger partial charge in [0.2, 0.25) is 11.8 Å². The molecule has 0 radical (unpaired) electrons. The van der Waals surface area contributed by atoms with Crippen LogP contribution in [0, 0.1) is 5.41 Å². The first-order valence-corrected chi connectivity index (χ1v) is 13.6. The van der Waals surface area contributed by atoms with Crippen LogP contribution in [-0.2, 0) is 16.1 Å². The molecule has 1 aromatic heterocycles. The van der Waals surface area contributed by atoms with Crippen molar-refractivity contribution in [3.05, 3.63) is 47.3 Å². The maximum Gasteiger partial charge on any atom is 0.395 e. The molecule has 40 heavy (non-hydrogen) atoms. The average Bonchev–Trinajstić information content (AvgIpc) is 3.48. The minimum atomic E-state index is -4.14. The molecule has 1 saturated carbocycles. The van der Waals surface area contributed by atoms with Crippen molar-refractivity contribution >= 4 is 23.4 Å². The summed E-state index contributed by atoms with van der Waals surface area (Å²) in [5, 5.41) is 20.8. The topological polar surface area (TPSA) is 120 Å². The second kappa shape index (κ2) is 9.88. The third-order valence-corrected chi connectivity index (χ3v) is 8.68. The predicted molar refractivity (Wildman–Crippen MR) is 136 cm³/mol. The van der Waals surface area contributed by atoms with Crippen LogP contribution in [0.25, 0.3) is 0 Å². The smallest absolute Gasteiger partial charge is 0.380 e. The maximum absolute atomic E-state index is 13.3. The summed E-state index contributed by atoms with van der Waals surface area (Å²) >= 11 is 0. The number of rotatable bonds is 7. The number of benzene rings is 1. The largest absolute Gasteiger partial charge is 0.395 e. The molecule has 4 heterocycles. The number of nitrogens with one attached hydrogen (secondary N) is 2. The number of anilines is 1. The molecule has 4 aliphatic rings. The molecular formula is C27H31F3N6O4. The van der Waals surface area contributed by atoms with Crippen LogP contribution in [-0.4, -0.2) is 74.3 Å². The van der Waals surface area contributed by atoms with Gasteiger partial charge in [0.15, 0.2) is 6.23 Å². The number of aliphatic hydroxyl groups is 1. The van der Waals surface area contributed by atoms with Gasteiger partial charge in [-0.1, -0.05) is 12.1 Å². The molecular weight excluding hydrogens is 529 g/mol. The molecule has 10 nitrogen and oxygen atoms in total. The summed E-state index contributed by atoms with van der Waals surface area (Å²) in [6, 6.07) is 4.25. The number of amides is 3. The summed E-state index contributed by atoms with van der Waals surface area (Å²) in [6.45, 7) is 1.62. The third-order valence-electron chi connectivity index (χ3n) is 8.68. The van der Waals surface area contributed by atoms with Crippen molar-refractivity contribution in [1.82, 2.24) is 24.9 Å². The third kappa shape index (κ3) is 4.74. The summed E-state index contributed by atoms with van der Waals surface area (Å²) in [4.78, 5) is 40.3. The Bertz CT molecular complexity index is 1330. The van der Waals surface area contributed by atoms with Gasteiger partial charge in [-0.3, -0.25) is 29.3 Å². The van der Waals surface area contributed by atoms with Gasteiger partial charge < -0.3 is 15.3 Å². The lowest BCUT2D eigenvalue weighted by atomic mass is 10.0. The second-order valence-electron chi connectivity index (χ2n) is 11.3. The first-order chi connectivity index (χ1) is 19.1. The number of likely N-dealkylation sites (tertiary alicyclic amines) is 1. The average molecular weight is 561 g/mol. The predicted octanol–water partition coefficient (Wildman–Crippen LogP) is 2.73. The standard InChI is InChI=1S/C27H31F3N6O4/c28-27(29,30)26(8-9-26)15-34-10-6-17(7-11-34)35-14-16(13-32-35)12-31-19-3-1-2-18-22(19)25(40)36(24(18)39)20-4-5-21(37)33-23(20)38/h1-3,13-14,17,20,24,31,39H,4-12,15H2,(H,33,37,38). The zero-order valence-electron chi connectivity index (χ0n) is 21.8. The van der Waals surface area contributed by atoms with E-state index in [1.54, 1.807) is 24.4 Å². The van der Waals surface area contributed by atoms with Gasteiger partial charge in [0.25, 0.3) is 5.91 Å². The number of hydrogen-bond donors (Lipinski definition) is 3. The van der Waals surface area contributed by atoms with Gasteiger partial charge in [-0.15, -0.1) is 0 Å². The monoisotopic (exact) mass is 560 g/mol. The van der Waals surface area contributed by atoms with Crippen LogP contribution < -0.4 is 10.6 Å². The highest BCUT2D eigenvalue weighted by Crippen LogP contribution is 2.58. The molecule has 2 atom stereocenters. The molecule has 3 amide bonds. The summed E-state index contributed by atoms with van der Waals surface area (Å²) in [5.74, 6) is -1.49. The van der Waals surface area contributed by atoms with E-state index in [2.05, 4.69) is 15.7 Å². The summed E-state index contributed by atoms with van der Waals surface area (Å²) in [7, 11) is 0. The molecule has 2 saturated heterocycles. The van der Waals surface area contributed by atoms with Crippen LogP contribution in [0.1, 0.15) is 72.3 Å². The van der Waals surface area contributed by atoms with E-state index in [0.29, 0.717) is 30.9 Å². The number of aromatic nitrogens is 2. The minimum absolute atomic E-state index is 0.0767. The quantitative estimate of drug-likeness (QED) is 0.446. The van der Waals surface area contributed by atoms with Crippen LogP contribution in [0.2, 0.25) is 0 Å². The molecule has 214 valence electrons. The number of piperidine rings is 2. The first-order valence-electron chi connectivity index (χ1n) is 13.6. The van der Waals surface area contributed by atoms with Gasteiger partial charge in [0.1, 0.15) is 6.04 Å². The SMILES string of the molecule is O=C1CCC(N2C(=O)c3c(NCc4cnn(C5CCN(CC6(C(F)(F)F)CC6)CC5)c4)cccc3C2O)C(=O)N1. The second-order valence-corrected chi connectivity index (χ2v) is 11.3. The lowest BCUT2D eigenvalue weighted by Crippen LogP contribution is -2.53. The number of alkyl halides is 3. The fraction of sp³-hybridized carbons (Fsp3) is 0.556. The molecule has 0 bridgehead atoms. The molecule has 3 fully saturated rings. The normalized spacial score (nSPS) is 25.2. The Labute approximate surface area is 228 Å². The van der Waals surface area contributed by atoms with E-state index in [4.69, 9.17) is 0 Å². The van der Waals surface area contributed by atoms with Crippen molar-refractivity contribution in [2.75, 3.05) is 25.0 Å². The van der Waals surface area contributed by atoms with Crippen molar-refractivity contribution < 1.29 is 32.7 Å². The van der Waals surface area contributed by atoms with Crippen molar-refractivity contribution in [3.63, 3.8) is 0 Å². The van der Waals surface area contributed by atoms with Gasteiger partial charge in [-0.25, -0.2) is 0 Å². The van der Waals surface area contributed by atoms with E-state index in [-0.39, 0.29) is 43.8 Å². The molecule has 2 aromatic rings. The summed E-state index contributed by atoms with van der Waals surface area (Å²) < 4.78 is 41.9. The molecule has 13 heteroatoms. The molecule has 6 rings (SSSR count). The van der Waals surface area contributed by atoms with E-state index in [9.17, 15) is 32.7 Å². The van der Waals surface area contributed by atoms with E-state index in [1.807, 2.05) is 15.8 Å². The summed E-state index contributed by atoms with van der Waals surface area (Å²) in [6.07, 6.45) is 0.294. The number of halogens is 3. The van der Waals surface area contributed by atoms with Crippen molar-refractivity contribution in [3.8, 4) is 0 Å². The van der Waals surface area contributed by atoms with Crippen LogP contribution >= 0.6 is 0 Å². The zero-order chi connectivity index (χ0) is 28.2. The highest BCUT2D eigenvalue weighted by atomic mass is 19.4. The Balaban J connectivity index is 1.07. The van der Waals surface area contributed by atoms with Gasteiger partial charge in [0.05, 0.1) is 23.2 Å². The Hall–Kier alpha value is -3.45. The lowest BCUT2D eigenvalue weighted by molar-refractivity contribution is -0.192. The molecule has 1 aromatic carbocycles. The fourth-order valence-corrected chi connectivity index (χ4v) is 6.14. The Morgan fingerprint density at radius 2 is 1.88 bits per heavy atom. The number of aliphatic hydroxyl groups excluding tert-OH is 1. The van der Waals surface area contributed by atoms with Gasteiger partial charge in [0, 0.05) is 55.6 Å². The number of carbonyl (C=O) groups is 3. The Kier molecular flexibility index (Phi) is 6.61. The molecule has 1 aliphatic carbocycles. The number of nitrogens with zero attached hydrogens (tertiary/aromatic N) is 4. The number of hydrogen-bond acceptors (Lipinski definition) is 7. The fourth-order valence-electron chi connectivity index (χ4n) is 6.14. The van der Waals surface area contributed by atoms with Crippen LogP contribution in [0.4, 0.5) is 18.9 Å². The lowest BCUT2D eigenvalue weighted by Gasteiger charge is -2.35. The minimum Gasteiger partial charge on any atom is -0.380 e. The van der Waals surface area contributed by atoms with E-state index in [1.165, 1.54) is 0 Å². The number of fused-ring (bicyclic) bond motifs is 1. The van der Waals surface area contributed by atoms with E-state index in [0.717, 1.165) is 23.3 Å². The molecule has 2 unspecified atom stereocenters. The van der Waals surface area contributed by atoms with Gasteiger partial charge in [-0.2, -0.15) is 18.3 Å². The maximum atomic E-state index is 13.3. The van der Waals surface area contributed by atoms with E-state index < -0.39 is 41.6 Å². The Morgan fingerprint density at radius 3 is 2.55 bits per heavy atom. The van der Waals surface area contributed by atoms with E-state index >= 15 is 0 Å². The highest BCUT2D eigenvalue weighted by Gasteiger charge is 2.63. The number of carbonyl (C=O) groups excluding carboxylic acids is 3. The van der Waals surface area contributed by atoms with Crippen LogP contribution in [0.3, 0.4) is 0 Å². The number of imide groups is 1.